The molecule has 4 rings (SSSR count). The summed E-state index contributed by atoms with van der Waals surface area (Å²) in [6.45, 7) is 3.25. The lowest BCUT2D eigenvalue weighted by Crippen LogP contribution is -2.43. The molecule has 0 spiro atoms. The number of imide groups is 1. The first-order valence-electron chi connectivity index (χ1n) is 10.4. The van der Waals surface area contributed by atoms with Gasteiger partial charge in [0.1, 0.15) is 11.1 Å². The third-order valence-electron chi connectivity index (χ3n) is 5.55. The summed E-state index contributed by atoms with van der Waals surface area (Å²) in [5.74, 6) is -0.609. The highest BCUT2D eigenvalue weighted by Gasteiger charge is 2.51. The van der Waals surface area contributed by atoms with Crippen molar-refractivity contribution < 1.29 is 18.8 Å². The van der Waals surface area contributed by atoms with Crippen LogP contribution in [0.3, 0.4) is 0 Å². The first-order valence-corrected chi connectivity index (χ1v) is 10.4. The Kier molecular flexibility index (Phi) is 5.52. The molecular weight excluding hydrogens is 410 g/mol. The Balaban J connectivity index is 1.72. The molecule has 1 fully saturated rings. The fraction of sp³-hybridized carbons (Fsp3) is 0.250. The van der Waals surface area contributed by atoms with Crippen molar-refractivity contribution in [3.05, 3.63) is 76.1 Å². The average molecular weight is 433 g/mol. The topological polar surface area (TPSA) is 109 Å². The summed E-state index contributed by atoms with van der Waals surface area (Å²) >= 11 is 0. The maximum atomic E-state index is 13.5. The Morgan fingerprint density at radius 3 is 2.53 bits per heavy atom. The van der Waals surface area contributed by atoms with Crippen molar-refractivity contribution in [1.29, 1.82) is 0 Å². The summed E-state index contributed by atoms with van der Waals surface area (Å²) in [7, 11) is 0. The summed E-state index contributed by atoms with van der Waals surface area (Å²) in [6, 6.07) is 14.8. The number of benzene rings is 2. The normalized spacial score (nSPS) is 18.1. The van der Waals surface area contributed by atoms with E-state index in [4.69, 9.17) is 4.42 Å². The van der Waals surface area contributed by atoms with E-state index in [1.54, 1.807) is 18.2 Å². The number of amides is 4. The van der Waals surface area contributed by atoms with Crippen LogP contribution in [0.2, 0.25) is 0 Å². The summed E-state index contributed by atoms with van der Waals surface area (Å²) < 4.78 is 5.28. The van der Waals surface area contributed by atoms with Crippen LogP contribution in [0.1, 0.15) is 37.8 Å². The standard InChI is InChI=1S/C24H23N3O5/c1-3-11-24(17-7-5-4-6-8-17)22(30)27(23(31)26-24)14-16-12-21(29)32-20-13-18(25-15(2)28)9-10-19(16)20/h4-10,12-13H,3,11,14H2,1-2H3,(H,25,28)(H,26,31)/t24-/m0/s1. The largest absolute Gasteiger partial charge is 0.423 e. The first-order chi connectivity index (χ1) is 15.3. The summed E-state index contributed by atoms with van der Waals surface area (Å²) in [5.41, 5.74) is 0.193. The average Bonchev–Trinajstić information content (AvgIpc) is 2.99. The summed E-state index contributed by atoms with van der Waals surface area (Å²) in [5, 5.41) is 6.10. The van der Waals surface area contributed by atoms with Crippen molar-refractivity contribution in [2.45, 2.75) is 38.8 Å². The molecule has 8 nitrogen and oxygen atoms in total. The fourth-order valence-corrected chi connectivity index (χ4v) is 4.19. The van der Waals surface area contributed by atoms with Gasteiger partial charge in [0.2, 0.25) is 5.91 Å². The van der Waals surface area contributed by atoms with Crippen molar-refractivity contribution >= 4 is 34.5 Å². The molecule has 1 aliphatic rings. The van der Waals surface area contributed by atoms with E-state index < -0.39 is 17.2 Å². The molecule has 0 saturated carbocycles. The van der Waals surface area contributed by atoms with Crippen LogP contribution >= 0.6 is 0 Å². The van der Waals surface area contributed by atoms with Gasteiger partial charge in [-0.2, -0.15) is 0 Å². The number of hydrogen-bond donors (Lipinski definition) is 2. The Hall–Kier alpha value is -3.94. The van der Waals surface area contributed by atoms with Crippen molar-refractivity contribution in [3.63, 3.8) is 0 Å². The molecule has 3 aromatic rings. The number of urea groups is 1. The zero-order chi connectivity index (χ0) is 22.9. The van der Waals surface area contributed by atoms with Gasteiger partial charge in [-0.3, -0.25) is 14.5 Å². The molecule has 1 atom stereocenters. The zero-order valence-corrected chi connectivity index (χ0v) is 17.8. The van der Waals surface area contributed by atoms with E-state index in [2.05, 4.69) is 10.6 Å². The van der Waals surface area contributed by atoms with Crippen molar-refractivity contribution in [2.75, 3.05) is 5.32 Å². The molecule has 4 amide bonds. The van der Waals surface area contributed by atoms with Gasteiger partial charge < -0.3 is 15.1 Å². The molecule has 0 bridgehead atoms. The molecule has 0 unspecified atom stereocenters. The van der Waals surface area contributed by atoms with Gasteiger partial charge in [-0.1, -0.05) is 43.7 Å². The number of nitrogens with one attached hydrogen (secondary N) is 2. The molecule has 2 N–H and O–H groups in total. The second-order valence-corrected chi connectivity index (χ2v) is 7.83. The van der Waals surface area contributed by atoms with Gasteiger partial charge in [-0.05, 0) is 29.7 Å². The number of carbonyl (C=O) groups excluding carboxylic acids is 3. The Morgan fingerprint density at radius 1 is 1.09 bits per heavy atom. The van der Waals surface area contributed by atoms with Crippen LogP contribution in [-0.4, -0.2) is 22.7 Å². The Bertz CT molecular complexity index is 1270. The molecule has 164 valence electrons. The Labute approximate surface area is 184 Å². The van der Waals surface area contributed by atoms with Crippen LogP contribution in [-0.2, 0) is 21.7 Å². The van der Waals surface area contributed by atoms with Crippen LogP contribution < -0.4 is 16.3 Å². The highest BCUT2D eigenvalue weighted by molar-refractivity contribution is 6.07. The third kappa shape index (κ3) is 3.75. The molecule has 0 aliphatic carbocycles. The van der Waals surface area contributed by atoms with Gasteiger partial charge >= 0.3 is 11.7 Å². The van der Waals surface area contributed by atoms with Gasteiger partial charge in [0.05, 0.1) is 6.54 Å². The van der Waals surface area contributed by atoms with Crippen LogP contribution in [0.15, 0.2) is 63.8 Å². The minimum Gasteiger partial charge on any atom is -0.423 e. The van der Waals surface area contributed by atoms with Crippen molar-refractivity contribution in [1.82, 2.24) is 10.2 Å². The molecule has 0 radical (unpaired) electrons. The molecular formula is C24H23N3O5. The van der Waals surface area contributed by atoms with Crippen LogP contribution in [0.4, 0.5) is 10.5 Å². The first kappa shape index (κ1) is 21.3. The molecule has 2 heterocycles. The Morgan fingerprint density at radius 2 is 1.84 bits per heavy atom. The summed E-state index contributed by atoms with van der Waals surface area (Å²) in [6.07, 6.45) is 1.15. The smallest absolute Gasteiger partial charge is 0.336 e. The van der Waals surface area contributed by atoms with Crippen molar-refractivity contribution in [2.24, 2.45) is 0 Å². The van der Waals surface area contributed by atoms with E-state index in [9.17, 15) is 19.2 Å². The molecule has 1 aliphatic heterocycles. The van der Waals surface area contributed by atoms with Crippen molar-refractivity contribution in [3.8, 4) is 0 Å². The SMILES string of the molecule is CCC[C@@]1(c2ccccc2)NC(=O)N(Cc2cc(=O)oc3cc(NC(C)=O)ccc23)C1=O. The molecule has 8 heteroatoms. The number of carbonyl (C=O) groups is 3. The lowest BCUT2D eigenvalue weighted by atomic mass is 9.85. The minimum absolute atomic E-state index is 0.0788. The molecule has 1 aromatic heterocycles. The number of fused-ring (bicyclic) bond motifs is 1. The summed E-state index contributed by atoms with van der Waals surface area (Å²) in [4.78, 5) is 51.0. The van der Waals surface area contributed by atoms with E-state index >= 15 is 0 Å². The quantitative estimate of drug-likeness (QED) is 0.457. The minimum atomic E-state index is -1.14. The number of anilines is 1. The maximum Gasteiger partial charge on any atom is 0.336 e. The van der Waals surface area contributed by atoms with Gasteiger partial charge in [0.25, 0.3) is 5.91 Å². The number of hydrogen-bond acceptors (Lipinski definition) is 5. The van der Waals surface area contributed by atoms with Gasteiger partial charge in [-0.15, -0.1) is 0 Å². The van der Waals surface area contributed by atoms with E-state index in [0.29, 0.717) is 29.5 Å². The second-order valence-electron chi connectivity index (χ2n) is 7.83. The van der Waals surface area contributed by atoms with Crippen LogP contribution in [0.5, 0.6) is 0 Å². The molecule has 2 aromatic carbocycles. The number of rotatable bonds is 6. The van der Waals surface area contributed by atoms with Gasteiger partial charge in [0, 0.05) is 30.1 Å². The highest BCUT2D eigenvalue weighted by atomic mass is 16.4. The predicted octanol–water partition coefficient (Wildman–Crippen LogP) is 3.50. The zero-order valence-electron chi connectivity index (χ0n) is 17.8. The number of nitrogens with zero attached hydrogens (tertiary/aromatic N) is 1. The lowest BCUT2D eigenvalue weighted by Gasteiger charge is -2.27. The lowest BCUT2D eigenvalue weighted by molar-refractivity contribution is -0.132. The van der Waals surface area contributed by atoms with E-state index in [0.717, 1.165) is 10.5 Å². The fourth-order valence-electron chi connectivity index (χ4n) is 4.19. The van der Waals surface area contributed by atoms with E-state index in [1.807, 2.05) is 37.3 Å². The maximum absolute atomic E-state index is 13.5. The van der Waals surface area contributed by atoms with E-state index in [1.165, 1.54) is 13.0 Å². The van der Waals surface area contributed by atoms with Crippen LogP contribution in [0, 0.1) is 0 Å². The highest BCUT2D eigenvalue weighted by Crippen LogP contribution is 2.35. The van der Waals surface area contributed by atoms with Gasteiger partial charge in [-0.25, -0.2) is 9.59 Å². The predicted molar refractivity (Wildman–Crippen MR) is 119 cm³/mol. The molecule has 1 saturated heterocycles. The molecule has 32 heavy (non-hydrogen) atoms. The third-order valence-corrected chi connectivity index (χ3v) is 5.55. The van der Waals surface area contributed by atoms with Gasteiger partial charge in [0.15, 0.2) is 0 Å². The van der Waals surface area contributed by atoms with E-state index in [-0.39, 0.29) is 23.9 Å². The van der Waals surface area contributed by atoms with Crippen LogP contribution in [0.25, 0.3) is 11.0 Å². The monoisotopic (exact) mass is 433 g/mol. The second kappa shape index (κ2) is 8.30.